The first-order chi connectivity index (χ1) is 11.1. The first-order valence-corrected chi connectivity index (χ1v) is 7.88. The van der Waals surface area contributed by atoms with Crippen molar-refractivity contribution in [3.05, 3.63) is 35.4 Å². The van der Waals surface area contributed by atoms with Crippen LogP contribution in [0.2, 0.25) is 0 Å². The molecule has 2 heterocycles. The van der Waals surface area contributed by atoms with Gasteiger partial charge in [-0.25, -0.2) is 0 Å². The van der Waals surface area contributed by atoms with E-state index in [2.05, 4.69) is 0 Å². The molecule has 23 heavy (non-hydrogen) atoms. The van der Waals surface area contributed by atoms with Crippen LogP contribution in [-0.4, -0.2) is 46.5 Å². The Hall–Kier alpha value is -2.50. The second-order valence-electron chi connectivity index (χ2n) is 5.81. The fraction of sp³-hybridized carbons (Fsp3) is 0.412. The summed E-state index contributed by atoms with van der Waals surface area (Å²) in [7, 11) is 0. The van der Waals surface area contributed by atoms with Gasteiger partial charge in [-0.1, -0.05) is 12.1 Å². The second kappa shape index (κ2) is 6.32. The highest BCUT2D eigenvalue weighted by Gasteiger charge is 2.34. The molecule has 0 aromatic heterocycles. The van der Waals surface area contributed by atoms with E-state index < -0.39 is 0 Å². The lowest BCUT2D eigenvalue weighted by atomic mass is 10.1. The number of fused-ring (bicyclic) bond motifs is 1. The van der Waals surface area contributed by atoms with E-state index in [-0.39, 0.29) is 23.6 Å². The molecule has 3 rings (SSSR count). The minimum absolute atomic E-state index is 0.102. The van der Waals surface area contributed by atoms with Crippen LogP contribution >= 0.6 is 0 Å². The van der Waals surface area contributed by atoms with E-state index in [9.17, 15) is 19.2 Å². The molecule has 0 saturated carbocycles. The number of nitrogens with zero attached hydrogens (tertiary/aromatic N) is 2. The largest absolute Gasteiger partial charge is 0.283 e. The highest BCUT2D eigenvalue weighted by molar-refractivity contribution is 6.21. The average Bonchev–Trinajstić information content (AvgIpc) is 3.00. The maximum absolute atomic E-state index is 12.2. The summed E-state index contributed by atoms with van der Waals surface area (Å²) in [6.07, 6.45) is 2.74. The molecule has 0 unspecified atom stereocenters. The number of likely N-dealkylation sites (tertiary alicyclic amines) is 1. The number of hydrogen-bond acceptors (Lipinski definition) is 4. The van der Waals surface area contributed by atoms with Crippen LogP contribution in [0.4, 0.5) is 0 Å². The van der Waals surface area contributed by atoms with Crippen molar-refractivity contribution >= 4 is 23.6 Å². The standard InChI is InChI=1S/C17H18N2O4/c20-14-8-9-15(21)18(14)10-4-1-5-11-19-16(22)12-6-2-3-7-13(12)17(19)23/h2-3,6-7H,1,4-5,8-11H2. The molecule has 2 aliphatic heterocycles. The number of carbonyl (C=O) groups is 4. The molecular weight excluding hydrogens is 296 g/mol. The number of imide groups is 2. The predicted octanol–water partition coefficient (Wildman–Crippen LogP) is 1.60. The van der Waals surface area contributed by atoms with Crippen LogP contribution < -0.4 is 0 Å². The summed E-state index contributed by atoms with van der Waals surface area (Å²) in [5, 5.41) is 0. The Kier molecular flexibility index (Phi) is 4.23. The predicted molar refractivity (Wildman–Crippen MR) is 81.6 cm³/mol. The molecule has 6 nitrogen and oxygen atoms in total. The van der Waals surface area contributed by atoms with Gasteiger partial charge in [-0.05, 0) is 31.4 Å². The minimum atomic E-state index is -0.240. The van der Waals surface area contributed by atoms with Gasteiger partial charge in [0.05, 0.1) is 11.1 Å². The number of unbranched alkanes of at least 4 members (excludes halogenated alkanes) is 2. The van der Waals surface area contributed by atoms with E-state index in [0.29, 0.717) is 49.9 Å². The molecule has 1 fully saturated rings. The van der Waals surface area contributed by atoms with E-state index in [4.69, 9.17) is 0 Å². The summed E-state index contributed by atoms with van der Waals surface area (Å²) in [4.78, 5) is 49.9. The Morgan fingerprint density at radius 3 is 1.70 bits per heavy atom. The number of amides is 4. The van der Waals surface area contributed by atoms with Crippen LogP contribution in [0, 0.1) is 0 Å². The third-order valence-corrected chi connectivity index (χ3v) is 4.30. The van der Waals surface area contributed by atoms with Crippen molar-refractivity contribution in [2.45, 2.75) is 32.1 Å². The lowest BCUT2D eigenvalue weighted by molar-refractivity contribution is -0.138. The summed E-state index contributed by atoms with van der Waals surface area (Å²) >= 11 is 0. The molecule has 120 valence electrons. The van der Waals surface area contributed by atoms with Crippen molar-refractivity contribution in [3.8, 4) is 0 Å². The third kappa shape index (κ3) is 2.88. The molecule has 1 saturated heterocycles. The maximum atomic E-state index is 12.2. The van der Waals surface area contributed by atoms with E-state index in [0.717, 1.165) is 6.42 Å². The lowest BCUT2D eigenvalue weighted by Gasteiger charge is -2.15. The molecular formula is C17H18N2O4. The molecule has 1 aromatic rings. The summed E-state index contributed by atoms with van der Waals surface area (Å²) in [5.74, 6) is -0.684. The van der Waals surface area contributed by atoms with Crippen molar-refractivity contribution in [2.24, 2.45) is 0 Å². The monoisotopic (exact) mass is 314 g/mol. The fourth-order valence-corrected chi connectivity index (χ4v) is 3.03. The Balaban J connectivity index is 1.45. The van der Waals surface area contributed by atoms with Gasteiger partial charge in [0, 0.05) is 25.9 Å². The number of rotatable bonds is 6. The summed E-state index contributed by atoms with van der Waals surface area (Å²) in [6, 6.07) is 6.83. The molecule has 0 atom stereocenters. The number of hydrogen-bond donors (Lipinski definition) is 0. The van der Waals surface area contributed by atoms with Gasteiger partial charge >= 0.3 is 0 Å². The highest BCUT2D eigenvalue weighted by Crippen LogP contribution is 2.22. The Morgan fingerprint density at radius 1 is 0.696 bits per heavy atom. The van der Waals surface area contributed by atoms with Crippen LogP contribution in [0.15, 0.2) is 24.3 Å². The van der Waals surface area contributed by atoms with Gasteiger partial charge in [-0.15, -0.1) is 0 Å². The van der Waals surface area contributed by atoms with Crippen molar-refractivity contribution in [3.63, 3.8) is 0 Å². The summed E-state index contributed by atoms with van der Waals surface area (Å²) in [5.41, 5.74) is 0.927. The number of carbonyl (C=O) groups excluding carboxylic acids is 4. The van der Waals surface area contributed by atoms with E-state index in [1.165, 1.54) is 9.80 Å². The van der Waals surface area contributed by atoms with Crippen LogP contribution in [0.1, 0.15) is 52.8 Å². The zero-order valence-corrected chi connectivity index (χ0v) is 12.8. The molecule has 0 N–H and O–H groups in total. The first-order valence-electron chi connectivity index (χ1n) is 7.88. The zero-order valence-electron chi connectivity index (χ0n) is 12.8. The molecule has 1 aromatic carbocycles. The molecule has 6 heteroatoms. The number of benzene rings is 1. The highest BCUT2D eigenvalue weighted by atomic mass is 16.2. The van der Waals surface area contributed by atoms with Gasteiger partial charge in [0.15, 0.2) is 0 Å². The quantitative estimate of drug-likeness (QED) is 0.590. The van der Waals surface area contributed by atoms with Crippen LogP contribution in [0.5, 0.6) is 0 Å². The molecule has 2 aliphatic rings. The van der Waals surface area contributed by atoms with E-state index in [1.807, 2.05) is 0 Å². The molecule has 0 spiro atoms. The maximum Gasteiger partial charge on any atom is 0.261 e. The minimum Gasteiger partial charge on any atom is -0.283 e. The van der Waals surface area contributed by atoms with E-state index in [1.54, 1.807) is 24.3 Å². The normalized spacial score (nSPS) is 17.4. The second-order valence-corrected chi connectivity index (χ2v) is 5.81. The SMILES string of the molecule is O=C1CCC(=O)N1CCCCCN1C(=O)c2ccccc2C1=O. The van der Waals surface area contributed by atoms with Crippen molar-refractivity contribution in [1.82, 2.24) is 9.80 Å². The Morgan fingerprint density at radius 2 is 1.17 bits per heavy atom. The molecule has 0 bridgehead atoms. The molecule has 0 radical (unpaired) electrons. The molecule has 0 aliphatic carbocycles. The van der Waals surface area contributed by atoms with Crippen LogP contribution in [0.3, 0.4) is 0 Å². The summed E-state index contributed by atoms with van der Waals surface area (Å²) < 4.78 is 0. The van der Waals surface area contributed by atoms with Crippen molar-refractivity contribution in [1.29, 1.82) is 0 Å². The fourth-order valence-electron chi connectivity index (χ4n) is 3.03. The van der Waals surface area contributed by atoms with Gasteiger partial charge in [0.2, 0.25) is 11.8 Å². The zero-order chi connectivity index (χ0) is 16.4. The van der Waals surface area contributed by atoms with Crippen molar-refractivity contribution in [2.75, 3.05) is 13.1 Å². The topological polar surface area (TPSA) is 74.8 Å². The van der Waals surface area contributed by atoms with Gasteiger partial charge in [-0.2, -0.15) is 0 Å². The van der Waals surface area contributed by atoms with Gasteiger partial charge in [0.1, 0.15) is 0 Å². The van der Waals surface area contributed by atoms with Gasteiger partial charge in [0.25, 0.3) is 11.8 Å². The van der Waals surface area contributed by atoms with Crippen LogP contribution in [0.25, 0.3) is 0 Å². The van der Waals surface area contributed by atoms with Crippen molar-refractivity contribution < 1.29 is 19.2 Å². The van der Waals surface area contributed by atoms with Gasteiger partial charge in [-0.3, -0.25) is 29.0 Å². The van der Waals surface area contributed by atoms with Crippen LogP contribution in [-0.2, 0) is 9.59 Å². The first kappa shape index (κ1) is 15.4. The van der Waals surface area contributed by atoms with E-state index >= 15 is 0 Å². The average molecular weight is 314 g/mol. The lowest BCUT2D eigenvalue weighted by Crippen LogP contribution is -2.31. The Bertz CT molecular complexity index is 632. The smallest absolute Gasteiger partial charge is 0.261 e. The third-order valence-electron chi connectivity index (χ3n) is 4.30. The van der Waals surface area contributed by atoms with Gasteiger partial charge < -0.3 is 0 Å². The molecule has 4 amide bonds. The Labute approximate surface area is 134 Å². The summed E-state index contributed by atoms with van der Waals surface area (Å²) in [6.45, 7) is 0.800.